The summed E-state index contributed by atoms with van der Waals surface area (Å²) in [6.45, 7) is 3.96. The molecule has 1 unspecified atom stereocenters. The van der Waals surface area contributed by atoms with Crippen molar-refractivity contribution in [2.45, 2.75) is 33.4 Å². The molecule has 20 heavy (non-hydrogen) atoms. The Labute approximate surface area is 116 Å². The molecule has 1 atom stereocenters. The van der Waals surface area contributed by atoms with E-state index in [9.17, 15) is 22.8 Å². The minimum Gasteiger partial charge on any atom is -0.481 e. The minimum atomic E-state index is -4.48. The largest absolute Gasteiger partial charge is 0.481 e. The SMILES string of the molecule is CN(CC(F)(F)F)C(=O)NCC(CC(C)(C)C)C(=O)O. The van der Waals surface area contributed by atoms with Crippen LogP contribution in [0.1, 0.15) is 27.2 Å². The zero-order valence-electron chi connectivity index (χ0n) is 12.0. The molecule has 8 heteroatoms. The van der Waals surface area contributed by atoms with Gasteiger partial charge in [-0.2, -0.15) is 13.2 Å². The van der Waals surface area contributed by atoms with E-state index in [2.05, 4.69) is 5.32 Å². The highest BCUT2D eigenvalue weighted by molar-refractivity contribution is 5.75. The molecular weight excluding hydrogens is 277 g/mol. The summed E-state index contributed by atoms with van der Waals surface area (Å²) < 4.78 is 36.3. The van der Waals surface area contributed by atoms with Crippen LogP contribution >= 0.6 is 0 Å². The zero-order valence-corrected chi connectivity index (χ0v) is 12.0. The van der Waals surface area contributed by atoms with Crippen molar-refractivity contribution in [3.8, 4) is 0 Å². The topological polar surface area (TPSA) is 69.6 Å². The molecule has 0 aliphatic carbocycles. The van der Waals surface area contributed by atoms with Gasteiger partial charge >= 0.3 is 18.2 Å². The van der Waals surface area contributed by atoms with Crippen LogP contribution in [0, 0.1) is 11.3 Å². The number of amides is 2. The van der Waals surface area contributed by atoms with Crippen molar-refractivity contribution in [1.29, 1.82) is 0 Å². The van der Waals surface area contributed by atoms with Gasteiger partial charge in [0, 0.05) is 13.6 Å². The van der Waals surface area contributed by atoms with E-state index < -0.39 is 30.6 Å². The first-order valence-corrected chi connectivity index (χ1v) is 6.10. The minimum absolute atomic E-state index is 0.201. The van der Waals surface area contributed by atoms with Gasteiger partial charge in [-0.1, -0.05) is 20.8 Å². The lowest BCUT2D eigenvalue weighted by atomic mass is 9.84. The van der Waals surface area contributed by atoms with E-state index in [4.69, 9.17) is 5.11 Å². The summed E-state index contributed by atoms with van der Waals surface area (Å²) in [7, 11) is 1.00. The molecular formula is C12H21F3N2O3. The summed E-state index contributed by atoms with van der Waals surface area (Å²) in [5.41, 5.74) is -0.258. The maximum Gasteiger partial charge on any atom is 0.406 e. The zero-order chi connectivity index (χ0) is 16.1. The first-order chi connectivity index (χ1) is 8.82. The van der Waals surface area contributed by atoms with Gasteiger partial charge in [-0.15, -0.1) is 0 Å². The molecule has 2 amide bonds. The predicted molar refractivity (Wildman–Crippen MR) is 67.3 cm³/mol. The summed E-state index contributed by atoms with van der Waals surface area (Å²) in [5, 5.41) is 11.2. The Morgan fingerprint density at radius 3 is 2.10 bits per heavy atom. The first-order valence-electron chi connectivity index (χ1n) is 6.10. The average Bonchev–Trinajstić information content (AvgIpc) is 2.19. The van der Waals surface area contributed by atoms with Gasteiger partial charge in [-0.25, -0.2) is 4.79 Å². The second-order valence-electron chi connectivity index (χ2n) is 5.96. The van der Waals surface area contributed by atoms with Crippen LogP contribution in [0.4, 0.5) is 18.0 Å². The Morgan fingerprint density at radius 2 is 1.75 bits per heavy atom. The fraction of sp³-hybridized carbons (Fsp3) is 0.833. The van der Waals surface area contributed by atoms with Gasteiger partial charge < -0.3 is 15.3 Å². The number of rotatable bonds is 5. The molecule has 0 saturated carbocycles. The van der Waals surface area contributed by atoms with Gasteiger partial charge in [0.1, 0.15) is 6.54 Å². The van der Waals surface area contributed by atoms with E-state index in [1.54, 1.807) is 0 Å². The van der Waals surface area contributed by atoms with E-state index in [1.807, 2.05) is 20.8 Å². The van der Waals surface area contributed by atoms with Crippen LogP contribution in [-0.4, -0.2) is 48.3 Å². The lowest BCUT2D eigenvalue weighted by Gasteiger charge is -2.25. The molecule has 0 aliphatic heterocycles. The number of nitrogens with zero attached hydrogens (tertiary/aromatic N) is 1. The molecule has 2 N–H and O–H groups in total. The van der Waals surface area contributed by atoms with Crippen LogP contribution in [0.3, 0.4) is 0 Å². The third kappa shape index (κ3) is 8.60. The van der Waals surface area contributed by atoms with Crippen molar-refractivity contribution in [2.24, 2.45) is 11.3 Å². The maximum absolute atomic E-state index is 12.1. The number of aliphatic carboxylic acids is 1. The van der Waals surface area contributed by atoms with Crippen LogP contribution < -0.4 is 5.32 Å². The van der Waals surface area contributed by atoms with Gasteiger partial charge in [0.2, 0.25) is 0 Å². The molecule has 0 radical (unpaired) electrons. The number of carbonyl (C=O) groups excluding carboxylic acids is 1. The summed E-state index contributed by atoms with van der Waals surface area (Å²) in [4.78, 5) is 22.9. The van der Waals surface area contributed by atoms with Crippen LogP contribution in [0.25, 0.3) is 0 Å². The smallest absolute Gasteiger partial charge is 0.406 e. The third-order valence-corrected chi connectivity index (χ3v) is 2.47. The lowest BCUT2D eigenvalue weighted by molar-refractivity contribution is -0.143. The quantitative estimate of drug-likeness (QED) is 0.818. The number of halogens is 3. The number of hydrogen-bond donors (Lipinski definition) is 2. The number of urea groups is 1. The Kier molecular flexibility index (Phi) is 6.31. The van der Waals surface area contributed by atoms with Gasteiger partial charge in [0.05, 0.1) is 5.92 Å². The van der Waals surface area contributed by atoms with E-state index in [0.717, 1.165) is 7.05 Å². The summed E-state index contributed by atoms with van der Waals surface area (Å²) >= 11 is 0. The van der Waals surface area contributed by atoms with Crippen LogP contribution in [0.15, 0.2) is 0 Å². The van der Waals surface area contributed by atoms with E-state index in [0.29, 0.717) is 11.3 Å². The molecule has 0 aromatic rings. The van der Waals surface area contributed by atoms with Crippen LogP contribution in [-0.2, 0) is 4.79 Å². The second kappa shape index (κ2) is 6.81. The van der Waals surface area contributed by atoms with Crippen molar-refractivity contribution < 1.29 is 27.9 Å². The molecule has 5 nitrogen and oxygen atoms in total. The summed E-state index contributed by atoms with van der Waals surface area (Å²) in [6, 6.07) is -0.942. The number of nitrogens with one attached hydrogen (secondary N) is 1. The van der Waals surface area contributed by atoms with Crippen molar-refractivity contribution in [1.82, 2.24) is 10.2 Å². The van der Waals surface area contributed by atoms with Gasteiger partial charge in [0.25, 0.3) is 0 Å². The van der Waals surface area contributed by atoms with Crippen molar-refractivity contribution in [3.05, 3.63) is 0 Å². The molecule has 0 bridgehead atoms. The molecule has 0 aromatic heterocycles. The molecule has 0 fully saturated rings. The van der Waals surface area contributed by atoms with Crippen LogP contribution in [0.2, 0.25) is 0 Å². The third-order valence-electron chi connectivity index (χ3n) is 2.47. The number of hydrogen-bond acceptors (Lipinski definition) is 2. The Morgan fingerprint density at radius 1 is 1.25 bits per heavy atom. The van der Waals surface area contributed by atoms with Crippen molar-refractivity contribution >= 4 is 12.0 Å². The van der Waals surface area contributed by atoms with E-state index >= 15 is 0 Å². The summed E-state index contributed by atoms with van der Waals surface area (Å²) in [5.74, 6) is -1.92. The fourth-order valence-electron chi connectivity index (χ4n) is 1.67. The molecule has 0 rings (SSSR count). The first kappa shape index (κ1) is 18.5. The number of carboxylic acid groups (broad SMARTS) is 1. The van der Waals surface area contributed by atoms with Crippen LogP contribution in [0.5, 0.6) is 0 Å². The Hall–Kier alpha value is -1.47. The number of carboxylic acids is 1. The van der Waals surface area contributed by atoms with E-state index in [1.165, 1.54) is 0 Å². The van der Waals surface area contributed by atoms with Gasteiger partial charge in [0.15, 0.2) is 0 Å². The monoisotopic (exact) mass is 298 g/mol. The van der Waals surface area contributed by atoms with Gasteiger partial charge in [-0.05, 0) is 11.8 Å². The molecule has 0 aromatic carbocycles. The van der Waals surface area contributed by atoms with Crippen molar-refractivity contribution in [2.75, 3.05) is 20.1 Å². The molecule has 0 heterocycles. The van der Waals surface area contributed by atoms with Gasteiger partial charge in [-0.3, -0.25) is 4.79 Å². The summed E-state index contributed by atoms with van der Waals surface area (Å²) in [6.07, 6.45) is -4.17. The average molecular weight is 298 g/mol. The molecule has 118 valence electrons. The number of alkyl halides is 3. The highest BCUT2D eigenvalue weighted by atomic mass is 19.4. The predicted octanol–water partition coefficient (Wildman–Crippen LogP) is 2.33. The number of carbonyl (C=O) groups is 2. The molecule has 0 spiro atoms. The highest BCUT2D eigenvalue weighted by Crippen LogP contribution is 2.24. The normalized spacial score (nSPS) is 13.8. The molecule has 0 saturated heterocycles. The second-order valence-corrected chi connectivity index (χ2v) is 5.96. The van der Waals surface area contributed by atoms with Crippen molar-refractivity contribution in [3.63, 3.8) is 0 Å². The van der Waals surface area contributed by atoms with E-state index in [-0.39, 0.29) is 12.0 Å². The Balaban J connectivity index is 4.42. The maximum atomic E-state index is 12.1. The highest BCUT2D eigenvalue weighted by Gasteiger charge is 2.32. The Bertz CT molecular complexity index is 351. The fourth-order valence-corrected chi connectivity index (χ4v) is 1.67. The standard InChI is InChI=1S/C12H21F3N2O3/c1-11(2,3)5-8(9(18)19)6-16-10(20)17(4)7-12(13,14)15/h8H,5-7H2,1-4H3,(H,16,20)(H,18,19). The lowest BCUT2D eigenvalue weighted by Crippen LogP contribution is -2.44. The molecule has 0 aliphatic rings.